The number of aliphatic hydroxyl groups is 1. The summed E-state index contributed by atoms with van der Waals surface area (Å²) in [6.45, 7) is 0.171. The standard InChI is InChI=1S/C20H20F3NO2/c21-20(22,23)15-10-8-13(9-11-15)16-6-1-2-7-17(16)19(26)24-12-18(25)14-4-3-5-14/h1-2,6-11,14,18,25H,3-5,12H2,(H,24,26). The molecule has 2 aromatic carbocycles. The van der Waals surface area contributed by atoms with Gasteiger partial charge in [0.25, 0.3) is 5.91 Å². The highest BCUT2D eigenvalue weighted by Gasteiger charge is 2.30. The van der Waals surface area contributed by atoms with E-state index >= 15 is 0 Å². The number of hydrogen-bond donors (Lipinski definition) is 2. The Kier molecular flexibility index (Phi) is 5.32. The molecule has 3 nitrogen and oxygen atoms in total. The lowest BCUT2D eigenvalue weighted by atomic mass is 9.81. The van der Waals surface area contributed by atoms with Crippen molar-refractivity contribution in [3.8, 4) is 11.1 Å². The number of nitrogens with one attached hydrogen (secondary N) is 1. The van der Waals surface area contributed by atoms with Crippen molar-refractivity contribution in [2.45, 2.75) is 31.5 Å². The van der Waals surface area contributed by atoms with Crippen molar-refractivity contribution < 1.29 is 23.1 Å². The molecule has 1 fully saturated rings. The fourth-order valence-corrected chi connectivity index (χ4v) is 3.06. The second kappa shape index (κ2) is 7.50. The van der Waals surface area contributed by atoms with Crippen molar-refractivity contribution in [3.63, 3.8) is 0 Å². The number of benzene rings is 2. The van der Waals surface area contributed by atoms with Crippen molar-refractivity contribution in [1.29, 1.82) is 0 Å². The van der Waals surface area contributed by atoms with Gasteiger partial charge in [-0.3, -0.25) is 4.79 Å². The van der Waals surface area contributed by atoms with Crippen LogP contribution >= 0.6 is 0 Å². The fraction of sp³-hybridized carbons (Fsp3) is 0.350. The van der Waals surface area contributed by atoms with Gasteiger partial charge in [-0.25, -0.2) is 0 Å². The van der Waals surface area contributed by atoms with Crippen LogP contribution in [0.2, 0.25) is 0 Å². The van der Waals surface area contributed by atoms with Crippen LogP contribution in [0.15, 0.2) is 48.5 Å². The molecule has 3 rings (SSSR count). The van der Waals surface area contributed by atoms with Crippen molar-refractivity contribution in [1.82, 2.24) is 5.32 Å². The van der Waals surface area contributed by atoms with E-state index in [-0.39, 0.29) is 18.4 Å². The molecule has 0 bridgehead atoms. The monoisotopic (exact) mass is 363 g/mol. The van der Waals surface area contributed by atoms with Crippen LogP contribution in [0.5, 0.6) is 0 Å². The molecule has 2 N–H and O–H groups in total. The van der Waals surface area contributed by atoms with Gasteiger partial charge in [0.1, 0.15) is 0 Å². The summed E-state index contributed by atoms with van der Waals surface area (Å²) in [6.07, 6.45) is -1.91. The van der Waals surface area contributed by atoms with Crippen molar-refractivity contribution in [3.05, 3.63) is 59.7 Å². The van der Waals surface area contributed by atoms with Crippen molar-refractivity contribution >= 4 is 5.91 Å². The normalized spacial score (nSPS) is 16.0. The van der Waals surface area contributed by atoms with Crippen LogP contribution < -0.4 is 5.32 Å². The number of amides is 1. The van der Waals surface area contributed by atoms with Crippen molar-refractivity contribution in [2.24, 2.45) is 5.92 Å². The third-order valence-electron chi connectivity index (χ3n) is 4.86. The largest absolute Gasteiger partial charge is 0.416 e. The molecule has 0 heterocycles. The minimum atomic E-state index is -4.40. The first kappa shape index (κ1) is 18.5. The Morgan fingerprint density at radius 2 is 1.77 bits per heavy atom. The topological polar surface area (TPSA) is 49.3 Å². The summed E-state index contributed by atoms with van der Waals surface area (Å²) in [4.78, 5) is 12.5. The van der Waals surface area contributed by atoms with Crippen LogP contribution in [-0.4, -0.2) is 23.7 Å². The Balaban J connectivity index is 1.76. The van der Waals surface area contributed by atoms with E-state index in [1.807, 2.05) is 0 Å². The molecule has 6 heteroatoms. The van der Waals surface area contributed by atoms with Gasteiger partial charge in [0.05, 0.1) is 11.7 Å². The summed E-state index contributed by atoms with van der Waals surface area (Å²) in [5, 5.41) is 12.8. The summed E-state index contributed by atoms with van der Waals surface area (Å²) in [7, 11) is 0. The van der Waals surface area contributed by atoms with E-state index in [0.717, 1.165) is 31.4 Å². The van der Waals surface area contributed by atoms with Crippen LogP contribution in [0, 0.1) is 5.92 Å². The number of carbonyl (C=O) groups is 1. The molecule has 138 valence electrons. The zero-order chi connectivity index (χ0) is 18.7. The van der Waals surface area contributed by atoms with Crippen LogP contribution in [0.3, 0.4) is 0 Å². The summed E-state index contributed by atoms with van der Waals surface area (Å²) < 4.78 is 38.2. The maximum Gasteiger partial charge on any atom is 0.416 e. The predicted molar refractivity (Wildman–Crippen MR) is 92.6 cm³/mol. The van der Waals surface area contributed by atoms with Gasteiger partial charge in [-0.05, 0) is 48.1 Å². The fourth-order valence-electron chi connectivity index (χ4n) is 3.06. The van der Waals surface area contributed by atoms with Crippen LogP contribution in [0.1, 0.15) is 35.2 Å². The molecule has 26 heavy (non-hydrogen) atoms. The highest BCUT2D eigenvalue weighted by Crippen LogP contribution is 2.32. The van der Waals surface area contributed by atoms with Gasteiger partial charge < -0.3 is 10.4 Å². The van der Waals surface area contributed by atoms with Gasteiger partial charge in [0.2, 0.25) is 0 Å². The number of rotatable bonds is 5. The average molecular weight is 363 g/mol. The molecule has 1 unspecified atom stereocenters. The molecule has 0 spiro atoms. The molecule has 0 radical (unpaired) electrons. The Morgan fingerprint density at radius 3 is 2.35 bits per heavy atom. The predicted octanol–water partition coefficient (Wildman–Crippen LogP) is 4.26. The Labute approximate surface area is 149 Å². The molecular weight excluding hydrogens is 343 g/mol. The van der Waals surface area contributed by atoms with Crippen LogP contribution in [-0.2, 0) is 6.18 Å². The first-order chi connectivity index (χ1) is 12.4. The van der Waals surface area contributed by atoms with Gasteiger partial charge in [0.15, 0.2) is 0 Å². The average Bonchev–Trinajstić information content (AvgIpc) is 2.57. The zero-order valence-electron chi connectivity index (χ0n) is 14.1. The maximum atomic E-state index is 12.7. The highest BCUT2D eigenvalue weighted by atomic mass is 19.4. The highest BCUT2D eigenvalue weighted by molar-refractivity contribution is 6.00. The quantitative estimate of drug-likeness (QED) is 0.834. The zero-order valence-corrected chi connectivity index (χ0v) is 14.1. The molecular formula is C20H20F3NO2. The summed E-state index contributed by atoms with van der Waals surface area (Å²) >= 11 is 0. The van der Waals surface area contributed by atoms with Crippen LogP contribution in [0.25, 0.3) is 11.1 Å². The van der Waals surface area contributed by atoms with E-state index in [1.165, 1.54) is 12.1 Å². The molecule has 2 aromatic rings. The first-order valence-corrected chi connectivity index (χ1v) is 8.59. The second-order valence-corrected chi connectivity index (χ2v) is 6.59. The molecule has 1 aliphatic carbocycles. The van der Waals surface area contributed by atoms with E-state index in [0.29, 0.717) is 16.7 Å². The van der Waals surface area contributed by atoms with Gasteiger partial charge >= 0.3 is 6.18 Å². The van der Waals surface area contributed by atoms with E-state index in [4.69, 9.17) is 0 Å². The van der Waals surface area contributed by atoms with E-state index in [2.05, 4.69) is 5.32 Å². The molecule has 0 aromatic heterocycles. The second-order valence-electron chi connectivity index (χ2n) is 6.59. The molecule has 1 atom stereocenters. The van der Waals surface area contributed by atoms with Gasteiger partial charge in [-0.2, -0.15) is 13.2 Å². The lowest BCUT2D eigenvalue weighted by molar-refractivity contribution is -0.137. The van der Waals surface area contributed by atoms with Gasteiger partial charge in [-0.15, -0.1) is 0 Å². The van der Waals surface area contributed by atoms with Crippen LogP contribution in [0.4, 0.5) is 13.2 Å². The lowest BCUT2D eigenvalue weighted by Crippen LogP contribution is -2.38. The molecule has 1 aliphatic rings. The molecule has 1 saturated carbocycles. The van der Waals surface area contributed by atoms with E-state index < -0.39 is 17.8 Å². The number of alkyl halides is 3. The Bertz CT molecular complexity index is 767. The minimum Gasteiger partial charge on any atom is -0.391 e. The number of carbonyl (C=O) groups excluding carboxylic acids is 1. The third-order valence-corrected chi connectivity index (χ3v) is 4.86. The number of aliphatic hydroxyl groups excluding tert-OH is 1. The third kappa shape index (κ3) is 4.07. The van der Waals surface area contributed by atoms with Gasteiger partial charge in [0, 0.05) is 12.1 Å². The number of hydrogen-bond acceptors (Lipinski definition) is 2. The Hall–Kier alpha value is -2.34. The molecule has 1 amide bonds. The van der Waals surface area contributed by atoms with Gasteiger partial charge in [-0.1, -0.05) is 36.8 Å². The number of halogens is 3. The Morgan fingerprint density at radius 1 is 1.12 bits per heavy atom. The summed E-state index contributed by atoms with van der Waals surface area (Å²) in [5.74, 6) is -0.112. The molecule has 0 saturated heterocycles. The summed E-state index contributed by atoms with van der Waals surface area (Å²) in [6, 6.07) is 11.5. The van der Waals surface area contributed by atoms with Crippen molar-refractivity contribution in [2.75, 3.05) is 6.54 Å². The first-order valence-electron chi connectivity index (χ1n) is 8.59. The minimum absolute atomic E-state index is 0.171. The maximum absolute atomic E-state index is 12.7. The molecule has 0 aliphatic heterocycles. The lowest BCUT2D eigenvalue weighted by Gasteiger charge is -2.30. The van der Waals surface area contributed by atoms with E-state index in [1.54, 1.807) is 24.3 Å². The SMILES string of the molecule is O=C(NCC(O)C1CCC1)c1ccccc1-c1ccc(C(F)(F)F)cc1. The summed E-state index contributed by atoms with van der Waals surface area (Å²) in [5.41, 5.74) is 0.722. The smallest absolute Gasteiger partial charge is 0.391 e. The van der Waals surface area contributed by atoms with E-state index in [9.17, 15) is 23.1 Å².